The Balaban J connectivity index is 0.00000131. The molecule has 1 aliphatic rings. The van der Waals surface area contributed by atoms with Crippen molar-refractivity contribution in [2.24, 2.45) is 5.73 Å². The highest BCUT2D eigenvalue weighted by Crippen LogP contribution is 2.35. The van der Waals surface area contributed by atoms with Gasteiger partial charge in [0, 0.05) is 24.7 Å². The van der Waals surface area contributed by atoms with Crippen LogP contribution in [-0.4, -0.2) is 34.9 Å². The molecule has 1 amide bonds. The molecule has 0 spiro atoms. The molecule has 0 saturated carbocycles. The second-order valence-electron chi connectivity index (χ2n) is 6.17. The molecule has 0 atom stereocenters. The Kier molecular flexibility index (Phi) is 7.44. The summed E-state index contributed by atoms with van der Waals surface area (Å²) in [5.74, 6) is 0.711. The van der Waals surface area contributed by atoms with Crippen LogP contribution in [0.15, 0.2) is 53.1 Å². The number of likely N-dealkylation sites (tertiary alicyclic amines) is 1. The van der Waals surface area contributed by atoms with Crippen LogP contribution in [0.1, 0.15) is 22.5 Å². The van der Waals surface area contributed by atoms with Gasteiger partial charge in [0.1, 0.15) is 4.88 Å². The Hall–Kier alpha value is -1.86. The zero-order valence-corrected chi connectivity index (χ0v) is 17.0. The van der Waals surface area contributed by atoms with E-state index in [0.29, 0.717) is 23.7 Å². The van der Waals surface area contributed by atoms with E-state index in [-0.39, 0.29) is 36.8 Å². The van der Waals surface area contributed by atoms with Crippen LogP contribution in [0.5, 0.6) is 0 Å². The molecule has 27 heavy (non-hydrogen) atoms. The van der Waals surface area contributed by atoms with Crippen LogP contribution in [0.2, 0.25) is 0 Å². The van der Waals surface area contributed by atoms with Crippen molar-refractivity contribution >= 4 is 42.1 Å². The number of amides is 1. The molecular weight excluding hydrogens is 405 g/mol. The smallest absolute Gasteiger partial charge is 0.266 e. The van der Waals surface area contributed by atoms with Crippen LogP contribution in [-0.2, 0) is 0 Å². The summed E-state index contributed by atoms with van der Waals surface area (Å²) in [6.45, 7) is 1.39. The number of rotatable bonds is 3. The zero-order chi connectivity index (χ0) is 17.2. The number of piperidine rings is 1. The third-order valence-corrected chi connectivity index (χ3v) is 5.49. The fourth-order valence-electron chi connectivity index (χ4n) is 3.01. The van der Waals surface area contributed by atoms with Crippen molar-refractivity contribution in [2.45, 2.75) is 18.9 Å². The number of halogens is 2. The van der Waals surface area contributed by atoms with Crippen LogP contribution in [0.25, 0.3) is 22.0 Å². The highest BCUT2D eigenvalue weighted by Gasteiger charge is 2.27. The first-order valence-electron chi connectivity index (χ1n) is 8.37. The Morgan fingerprint density at radius 1 is 1.11 bits per heavy atom. The molecule has 0 radical (unpaired) electrons. The second-order valence-corrected chi connectivity index (χ2v) is 7.17. The van der Waals surface area contributed by atoms with Crippen LogP contribution in [0.3, 0.4) is 0 Å². The molecule has 1 saturated heterocycles. The topological polar surface area (TPSA) is 72.4 Å². The van der Waals surface area contributed by atoms with Crippen LogP contribution in [0.4, 0.5) is 0 Å². The number of nitrogens with two attached hydrogens (primary N) is 1. The third-order valence-electron chi connectivity index (χ3n) is 4.43. The average Bonchev–Trinajstić information content (AvgIpc) is 3.32. The molecule has 2 N–H and O–H groups in total. The average molecular weight is 426 g/mol. The van der Waals surface area contributed by atoms with E-state index in [1.807, 2.05) is 47.4 Å². The summed E-state index contributed by atoms with van der Waals surface area (Å²) in [4.78, 5) is 20.4. The van der Waals surface area contributed by atoms with Gasteiger partial charge in [-0.15, -0.1) is 36.2 Å². The summed E-state index contributed by atoms with van der Waals surface area (Å²) in [6, 6.07) is 13.7. The normalized spacial score (nSPS) is 14.3. The fourth-order valence-corrected chi connectivity index (χ4v) is 4.03. The molecule has 0 bridgehead atoms. The van der Waals surface area contributed by atoms with Gasteiger partial charge in [0.15, 0.2) is 10.8 Å². The molecular formula is C19H21Cl2N3O2S. The van der Waals surface area contributed by atoms with E-state index in [0.717, 1.165) is 29.1 Å². The molecule has 144 valence electrons. The fraction of sp³-hybridized carbons (Fsp3) is 0.263. The lowest BCUT2D eigenvalue weighted by molar-refractivity contribution is 0.0720. The molecule has 0 unspecified atom stereocenters. The lowest BCUT2D eigenvalue weighted by atomic mass is 10.1. The molecule has 5 nitrogen and oxygen atoms in total. The summed E-state index contributed by atoms with van der Waals surface area (Å²) in [6.07, 6.45) is 3.30. The van der Waals surface area contributed by atoms with Crippen molar-refractivity contribution in [1.82, 2.24) is 9.88 Å². The monoisotopic (exact) mass is 425 g/mol. The number of aromatic nitrogens is 1. The van der Waals surface area contributed by atoms with E-state index >= 15 is 0 Å². The van der Waals surface area contributed by atoms with Gasteiger partial charge >= 0.3 is 0 Å². The number of hydrogen-bond donors (Lipinski definition) is 1. The Labute approximate surface area is 174 Å². The summed E-state index contributed by atoms with van der Waals surface area (Å²) >= 11 is 1.39. The molecule has 1 aromatic carbocycles. The van der Waals surface area contributed by atoms with E-state index < -0.39 is 0 Å². The lowest BCUT2D eigenvalue weighted by Gasteiger charge is -2.29. The standard InChI is InChI=1S/C19H19N3O2S.2ClH/c20-14-8-10-22(11-9-14)19(23)17-16(13-5-2-1-3-6-13)21-18(25-17)15-7-4-12-24-15;;/h1-7,12,14H,8-11,20H2;2*1H. The summed E-state index contributed by atoms with van der Waals surface area (Å²) < 4.78 is 5.47. The van der Waals surface area contributed by atoms with Gasteiger partial charge in [-0.05, 0) is 25.0 Å². The summed E-state index contributed by atoms with van der Waals surface area (Å²) in [5, 5.41) is 0.723. The Morgan fingerprint density at radius 2 is 1.81 bits per heavy atom. The van der Waals surface area contributed by atoms with Gasteiger partial charge in [-0.1, -0.05) is 30.3 Å². The van der Waals surface area contributed by atoms with Gasteiger partial charge < -0.3 is 15.1 Å². The van der Waals surface area contributed by atoms with E-state index in [2.05, 4.69) is 0 Å². The number of carbonyl (C=O) groups excluding carboxylic acids is 1. The Morgan fingerprint density at radius 3 is 2.44 bits per heavy atom. The largest absolute Gasteiger partial charge is 0.462 e. The molecule has 3 aromatic rings. The van der Waals surface area contributed by atoms with Gasteiger partial charge in [-0.3, -0.25) is 4.79 Å². The van der Waals surface area contributed by atoms with Gasteiger partial charge in [-0.2, -0.15) is 0 Å². The first-order chi connectivity index (χ1) is 12.2. The van der Waals surface area contributed by atoms with Crippen LogP contribution >= 0.6 is 36.2 Å². The molecule has 8 heteroatoms. The van der Waals surface area contributed by atoms with Gasteiger partial charge in [0.05, 0.1) is 12.0 Å². The van der Waals surface area contributed by atoms with Crippen LogP contribution in [0, 0.1) is 0 Å². The van der Waals surface area contributed by atoms with Crippen molar-refractivity contribution in [1.29, 1.82) is 0 Å². The molecule has 4 rings (SSSR count). The number of thiazole rings is 1. The highest BCUT2D eigenvalue weighted by molar-refractivity contribution is 7.17. The van der Waals surface area contributed by atoms with E-state index in [4.69, 9.17) is 15.1 Å². The van der Waals surface area contributed by atoms with E-state index in [9.17, 15) is 4.79 Å². The minimum atomic E-state index is 0. The predicted octanol–water partition coefficient (Wildman–Crippen LogP) is 4.48. The maximum Gasteiger partial charge on any atom is 0.266 e. The Bertz CT molecular complexity index is 860. The van der Waals surface area contributed by atoms with Crippen molar-refractivity contribution in [3.63, 3.8) is 0 Å². The molecule has 3 heterocycles. The minimum absolute atomic E-state index is 0. The lowest BCUT2D eigenvalue weighted by Crippen LogP contribution is -2.42. The van der Waals surface area contributed by atoms with Crippen molar-refractivity contribution < 1.29 is 9.21 Å². The number of furan rings is 1. The SMILES string of the molecule is Cl.Cl.NC1CCN(C(=O)c2sc(-c3ccco3)nc2-c2ccccc2)CC1. The number of nitrogens with zero attached hydrogens (tertiary/aromatic N) is 2. The van der Waals surface area contributed by atoms with Crippen molar-refractivity contribution in [3.8, 4) is 22.0 Å². The van der Waals surface area contributed by atoms with Gasteiger partial charge in [0.25, 0.3) is 5.91 Å². The molecule has 0 aliphatic carbocycles. The highest BCUT2D eigenvalue weighted by atomic mass is 35.5. The molecule has 1 aliphatic heterocycles. The van der Waals surface area contributed by atoms with E-state index in [1.165, 1.54) is 11.3 Å². The minimum Gasteiger partial charge on any atom is -0.462 e. The predicted molar refractivity (Wildman–Crippen MR) is 113 cm³/mol. The maximum absolute atomic E-state index is 13.1. The number of carbonyl (C=O) groups is 1. The molecule has 2 aromatic heterocycles. The molecule has 1 fully saturated rings. The maximum atomic E-state index is 13.1. The summed E-state index contributed by atoms with van der Waals surface area (Å²) in [7, 11) is 0. The van der Waals surface area contributed by atoms with Crippen molar-refractivity contribution in [2.75, 3.05) is 13.1 Å². The number of hydrogen-bond acceptors (Lipinski definition) is 5. The van der Waals surface area contributed by atoms with Gasteiger partial charge in [0.2, 0.25) is 0 Å². The first kappa shape index (κ1) is 21.4. The quantitative estimate of drug-likeness (QED) is 0.671. The number of benzene rings is 1. The second kappa shape index (κ2) is 9.37. The zero-order valence-electron chi connectivity index (χ0n) is 14.5. The van der Waals surface area contributed by atoms with Crippen molar-refractivity contribution in [3.05, 3.63) is 53.6 Å². The van der Waals surface area contributed by atoms with Crippen LogP contribution < -0.4 is 5.73 Å². The van der Waals surface area contributed by atoms with E-state index in [1.54, 1.807) is 6.26 Å². The first-order valence-corrected chi connectivity index (χ1v) is 9.19. The third kappa shape index (κ3) is 4.52. The summed E-state index contributed by atoms with van der Waals surface area (Å²) in [5.41, 5.74) is 7.62. The van der Waals surface area contributed by atoms with Gasteiger partial charge in [-0.25, -0.2) is 4.98 Å².